The SMILES string of the molecule is COc1cccc(C=N[NH2+]/C(N)=N\O)c1. The minimum Gasteiger partial charge on any atom is -0.497 e. The molecule has 0 heterocycles. The molecule has 0 aliphatic rings. The van der Waals surface area contributed by atoms with Gasteiger partial charge in [0.25, 0.3) is 0 Å². The lowest BCUT2D eigenvalue weighted by Gasteiger charge is -1.98. The summed E-state index contributed by atoms with van der Waals surface area (Å²) in [7, 11) is 1.60. The van der Waals surface area contributed by atoms with Crippen LogP contribution in [-0.2, 0) is 0 Å². The maximum atomic E-state index is 8.25. The predicted molar refractivity (Wildman–Crippen MR) is 55.9 cm³/mol. The summed E-state index contributed by atoms with van der Waals surface area (Å²) in [6.45, 7) is 0. The van der Waals surface area contributed by atoms with Crippen LogP contribution in [0.5, 0.6) is 5.75 Å². The second-order valence-electron chi connectivity index (χ2n) is 2.71. The van der Waals surface area contributed by atoms with Crippen molar-refractivity contribution in [2.24, 2.45) is 16.0 Å². The first-order valence-corrected chi connectivity index (χ1v) is 4.24. The molecule has 0 atom stereocenters. The molecule has 80 valence electrons. The van der Waals surface area contributed by atoms with Crippen LogP contribution in [0.25, 0.3) is 0 Å². The van der Waals surface area contributed by atoms with Gasteiger partial charge in [0.2, 0.25) is 0 Å². The second-order valence-corrected chi connectivity index (χ2v) is 2.71. The van der Waals surface area contributed by atoms with Gasteiger partial charge in [-0.1, -0.05) is 17.2 Å². The smallest absolute Gasteiger partial charge is 0.356 e. The molecule has 1 rings (SSSR count). The molecule has 0 radical (unpaired) electrons. The second kappa shape index (κ2) is 5.61. The van der Waals surface area contributed by atoms with Crippen molar-refractivity contribution < 1.29 is 15.4 Å². The van der Waals surface area contributed by atoms with Crippen LogP contribution in [0.1, 0.15) is 5.56 Å². The summed E-state index contributed by atoms with van der Waals surface area (Å²) in [6.07, 6.45) is 1.58. The summed E-state index contributed by atoms with van der Waals surface area (Å²) in [5.41, 5.74) is 7.32. The molecule has 1 aromatic carbocycles. The summed E-state index contributed by atoms with van der Waals surface area (Å²) >= 11 is 0. The van der Waals surface area contributed by atoms with Crippen molar-refractivity contribution in [1.29, 1.82) is 0 Å². The first-order valence-electron chi connectivity index (χ1n) is 4.24. The Morgan fingerprint density at radius 1 is 1.60 bits per heavy atom. The maximum Gasteiger partial charge on any atom is 0.356 e. The third-order valence-corrected chi connectivity index (χ3v) is 1.64. The van der Waals surface area contributed by atoms with E-state index in [4.69, 9.17) is 15.7 Å². The van der Waals surface area contributed by atoms with Gasteiger partial charge in [0, 0.05) is 5.56 Å². The van der Waals surface area contributed by atoms with Crippen molar-refractivity contribution in [3.05, 3.63) is 29.8 Å². The Kier molecular flexibility index (Phi) is 4.11. The molecule has 15 heavy (non-hydrogen) atoms. The number of nitrogens with two attached hydrogens (primary N) is 2. The average molecular weight is 209 g/mol. The summed E-state index contributed by atoms with van der Waals surface area (Å²) in [5.74, 6) is 0.705. The number of guanidine groups is 1. The van der Waals surface area contributed by atoms with Gasteiger partial charge in [-0.2, -0.15) is 5.43 Å². The van der Waals surface area contributed by atoms with Crippen molar-refractivity contribution in [2.75, 3.05) is 7.11 Å². The molecular weight excluding hydrogens is 196 g/mol. The fraction of sp³-hybridized carbons (Fsp3) is 0.111. The Balaban J connectivity index is 2.64. The van der Waals surface area contributed by atoms with Gasteiger partial charge in [0.15, 0.2) is 0 Å². The molecule has 0 fully saturated rings. The molecule has 1 aromatic rings. The highest BCUT2D eigenvalue weighted by Gasteiger charge is 1.94. The number of hydrogen-bond donors (Lipinski definition) is 3. The lowest BCUT2D eigenvalue weighted by molar-refractivity contribution is -0.548. The Bertz CT molecular complexity index is 376. The Labute approximate surface area is 87.0 Å². The number of hydrogen-bond acceptors (Lipinski definition) is 4. The van der Waals surface area contributed by atoms with Crippen molar-refractivity contribution in [1.82, 2.24) is 0 Å². The molecule has 0 bridgehead atoms. The van der Waals surface area contributed by atoms with Gasteiger partial charge < -0.3 is 15.7 Å². The number of methoxy groups -OCH3 is 1. The summed E-state index contributed by atoms with van der Waals surface area (Å²) < 4.78 is 5.04. The van der Waals surface area contributed by atoms with Crippen molar-refractivity contribution in [3.63, 3.8) is 0 Å². The van der Waals surface area contributed by atoms with Crippen LogP contribution in [0.3, 0.4) is 0 Å². The molecule has 0 unspecified atom stereocenters. The molecule has 0 amide bonds. The minimum absolute atomic E-state index is 0.0471. The Morgan fingerprint density at radius 2 is 2.40 bits per heavy atom. The fourth-order valence-electron chi connectivity index (χ4n) is 0.947. The third-order valence-electron chi connectivity index (χ3n) is 1.64. The zero-order chi connectivity index (χ0) is 11.1. The number of oxime groups is 1. The number of ether oxygens (including phenoxy) is 1. The van der Waals surface area contributed by atoms with Gasteiger partial charge in [0.1, 0.15) is 5.75 Å². The van der Waals surface area contributed by atoms with E-state index in [9.17, 15) is 0 Å². The molecule has 5 N–H and O–H groups in total. The van der Waals surface area contributed by atoms with Gasteiger partial charge in [0.05, 0.1) is 13.3 Å². The molecule has 0 aliphatic carbocycles. The van der Waals surface area contributed by atoms with Gasteiger partial charge in [-0.05, 0) is 17.3 Å². The van der Waals surface area contributed by atoms with E-state index in [1.54, 1.807) is 13.3 Å². The molecular formula is C9H13N4O2+. The van der Waals surface area contributed by atoms with Crippen LogP contribution in [0.2, 0.25) is 0 Å². The van der Waals surface area contributed by atoms with E-state index in [2.05, 4.69) is 10.3 Å². The van der Waals surface area contributed by atoms with Gasteiger partial charge in [-0.25, -0.2) is 0 Å². The quantitative estimate of drug-likeness (QED) is 0.202. The predicted octanol–water partition coefficient (Wildman–Crippen LogP) is -0.704. The molecule has 0 saturated carbocycles. The molecule has 0 spiro atoms. The average Bonchev–Trinajstić information content (AvgIpc) is 2.29. The highest BCUT2D eigenvalue weighted by Crippen LogP contribution is 2.10. The summed E-state index contributed by atoms with van der Waals surface area (Å²) in [5, 5.41) is 14.9. The first kappa shape index (κ1) is 11.0. The Morgan fingerprint density at radius 3 is 3.07 bits per heavy atom. The van der Waals surface area contributed by atoms with Gasteiger partial charge in [-0.3, -0.25) is 0 Å². The van der Waals surface area contributed by atoms with Crippen molar-refractivity contribution in [2.45, 2.75) is 0 Å². The van der Waals surface area contributed by atoms with E-state index in [-0.39, 0.29) is 5.96 Å². The molecule has 6 nitrogen and oxygen atoms in total. The Hall–Kier alpha value is -2.08. The normalized spacial score (nSPS) is 11.9. The largest absolute Gasteiger partial charge is 0.497 e. The van der Waals surface area contributed by atoms with E-state index < -0.39 is 0 Å². The number of nitrogens with zero attached hydrogens (tertiary/aromatic N) is 2. The maximum absolute atomic E-state index is 8.25. The highest BCUT2D eigenvalue weighted by molar-refractivity contribution is 5.80. The van der Waals surface area contributed by atoms with Crippen LogP contribution in [0.15, 0.2) is 34.5 Å². The van der Waals surface area contributed by atoms with Crippen LogP contribution >= 0.6 is 0 Å². The highest BCUT2D eigenvalue weighted by atomic mass is 16.5. The van der Waals surface area contributed by atoms with Gasteiger partial charge in [-0.15, -0.1) is 0 Å². The minimum atomic E-state index is -0.0471. The van der Waals surface area contributed by atoms with Crippen LogP contribution in [-0.4, -0.2) is 24.5 Å². The van der Waals surface area contributed by atoms with Crippen molar-refractivity contribution in [3.8, 4) is 5.75 Å². The fourth-order valence-corrected chi connectivity index (χ4v) is 0.947. The summed E-state index contributed by atoms with van der Waals surface area (Å²) in [4.78, 5) is 0. The van der Waals surface area contributed by atoms with Crippen LogP contribution < -0.4 is 15.9 Å². The first-order chi connectivity index (χ1) is 7.26. The van der Waals surface area contributed by atoms with E-state index >= 15 is 0 Å². The molecule has 6 heteroatoms. The third kappa shape index (κ3) is 3.65. The standard InChI is InChI=1S/C9H12N4O2/c1-15-8-4-2-3-7(5-8)6-11-12-9(10)13-14/h2-6,14H,1H3,(H3,10,12,13)/p+1. The number of quaternary nitrogens is 1. The van der Waals surface area contributed by atoms with Crippen LogP contribution in [0.4, 0.5) is 0 Å². The van der Waals surface area contributed by atoms with Crippen LogP contribution in [0, 0.1) is 0 Å². The lowest BCUT2D eigenvalue weighted by Crippen LogP contribution is -2.85. The van der Waals surface area contributed by atoms with E-state index in [0.29, 0.717) is 0 Å². The molecule has 0 saturated heterocycles. The zero-order valence-corrected chi connectivity index (χ0v) is 8.29. The topological polar surface area (TPSA) is 96.8 Å². The zero-order valence-electron chi connectivity index (χ0n) is 8.29. The lowest BCUT2D eigenvalue weighted by atomic mass is 10.2. The van der Waals surface area contributed by atoms with Gasteiger partial charge >= 0.3 is 5.96 Å². The molecule has 0 aromatic heterocycles. The number of rotatable bonds is 3. The van der Waals surface area contributed by atoms with E-state index in [1.165, 1.54) is 5.43 Å². The van der Waals surface area contributed by atoms with E-state index in [1.807, 2.05) is 24.3 Å². The molecule has 0 aliphatic heterocycles. The monoisotopic (exact) mass is 209 g/mol. The number of benzene rings is 1. The van der Waals surface area contributed by atoms with E-state index in [0.717, 1.165) is 11.3 Å². The van der Waals surface area contributed by atoms with Crippen molar-refractivity contribution >= 4 is 12.2 Å². The summed E-state index contributed by atoms with van der Waals surface area (Å²) in [6, 6.07) is 7.38.